The minimum Gasteiger partial charge on any atom is -0.493 e. The van der Waals surface area contributed by atoms with Gasteiger partial charge in [0, 0.05) is 5.92 Å². The van der Waals surface area contributed by atoms with E-state index in [4.69, 9.17) is 4.74 Å². The van der Waals surface area contributed by atoms with Gasteiger partial charge in [-0.2, -0.15) is 0 Å². The van der Waals surface area contributed by atoms with Crippen LogP contribution in [0.15, 0.2) is 23.0 Å². The molecule has 1 aliphatic rings. The van der Waals surface area contributed by atoms with E-state index >= 15 is 0 Å². The predicted molar refractivity (Wildman–Crippen MR) is 165 cm³/mol. The third-order valence-electron chi connectivity index (χ3n) is 8.99. The molecule has 3 nitrogen and oxygen atoms in total. The molecule has 1 rings (SSSR count). The lowest BCUT2D eigenvalue weighted by Gasteiger charge is -2.29. The average Bonchev–Trinajstić information content (AvgIpc) is 2.86. The molecule has 5 unspecified atom stereocenters. The topological polar surface area (TPSA) is 49.7 Å². The fourth-order valence-corrected chi connectivity index (χ4v) is 5.82. The molecule has 3 heteroatoms. The van der Waals surface area contributed by atoms with Crippen LogP contribution in [-0.2, 0) is 4.74 Å². The zero-order valence-corrected chi connectivity index (χ0v) is 26.6. The van der Waals surface area contributed by atoms with Gasteiger partial charge in [0.15, 0.2) is 0 Å². The summed E-state index contributed by atoms with van der Waals surface area (Å²) in [6.45, 7) is 16.3. The number of allylic oxidation sites excluding steroid dienone is 1. The lowest BCUT2D eigenvalue weighted by molar-refractivity contribution is 0.0358. The van der Waals surface area contributed by atoms with Gasteiger partial charge in [-0.15, -0.1) is 0 Å². The summed E-state index contributed by atoms with van der Waals surface area (Å²) in [5, 5.41) is 21.2. The second kappa shape index (κ2) is 20.1. The zero-order valence-electron chi connectivity index (χ0n) is 26.6. The van der Waals surface area contributed by atoms with Gasteiger partial charge in [0.25, 0.3) is 0 Å². The molecule has 1 aliphatic carbocycles. The molecule has 0 heterocycles. The van der Waals surface area contributed by atoms with Gasteiger partial charge in [0.1, 0.15) is 5.76 Å². The zero-order chi connectivity index (χ0) is 28.4. The van der Waals surface area contributed by atoms with Crippen molar-refractivity contribution in [1.82, 2.24) is 0 Å². The number of hydrogen-bond acceptors (Lipinski definition) is 3. The first-order valence-electron chi connectivity index (χ1n) is 16.6. The van der Waals surface area contributed by atoms with Crippen molar-refractivity contribution in [3.8, 4) is 0 Å². The van der Waals surface area contributed by atoms with E-state index in [2.05, 4.69) is 47.6 Å². The first-order valence-corrected chi connectivity index (χ1v) is 16.6. The maximum atomic E-state index is 10.6. The molecular formula is C35H66O3. The molecule has 0 aliphatic heterocycles. The van der Waals surface area contributed by atoms with Crippen molar-refractivity contribution in [2.45, 2.75) is 176 Å². The number of unbranched alkanes of at least 4 members (excludes halogenated alkanes) is 7. The molecular weight excluding hydrogens is 468 g/mol. The van der Waals surface area contributed by atoms with Crippen LogP contribution in [-0.4, -0.2) is 28.5 Å². The lowest BCUT2D eigenvalue weighted by atomic mass is 9.84. The SMILES string of the molecule is CCCCCCCCOC1=C(C)C(C)C(O)C=C1CCC(C)CCCC(C)CCCC(C)(O)CCCCC. The highest BCUT2D eigenvalue weighted by Crippen LogP contribution is 2.34. The molecule has 0 fully saturated rings. The van der Waals surface area contributed by atoms with Gasteiger partial charge < -0.3 is 14.9 Å². The first-order chi connectivity index (χ1) is 18.1. The Labute approximate surface area is 237 Å². The van der Waals surface area contributed by atoms with Gasteiger partial charge >= 0.3 is 0 Å². The van der Waals surface area contributed by atoms with Crippen molar-refractivity contribution in [1.29, 1.82) is 0 Å². The van der Waals surface area contributed by atoms with Crippen molar-refractivity contribution in [2.24, 2.45) is 17.8 Å². The number of aliphatic hydroxyl groups excluding tert-OH is 1. The summed E-state index contributed by atoms with van der Waals surface area (Å²) >= 11 is 0. The molecule has 0 aromatic carbocycles. The Morgan fingerprint density at radius 3 is 2.05 bits per heavy atom. The Bertz CT molecular complexity index is 662. The van der Waals surface area contributed by atoms with Gasteiger partial charge in [0.05, 0.1) is 18.3 Å². The maximum Gasteiger partial charge on any atom is 0.121 e. The Morgan fingerprint density at radius 2 is 1.37 bits per heavy atom. The molecule has 0 radical (unpaired) electrons. The second-order valence-corrected chi connectivity index (χ2v) is 13.1. The molecule has 5 atom stereocenters. The summed E-state index contributed by atoms with van der Waals surface area (Å²) in [4.78, 5) is 0. The van der Waals surface area contributed by atoms with Crippen LogP contribution in [0.5, 0.6) is 0 Å². The standard InChI is InChI=1S/C35H66O3/c1-8-10-12-13-14-16-26-38-34-31(6)30(5)33(36)27-32(34)23-22-29(4)20-17-19-28(3)21-18-25-35(7,37)24-15-11-9-2/h27-30,33,36-37H,8-26H2,1-7H3. The number of rotatable bonds is 23. The summed E-state index contributed by atoms with van der Waals surface area (Å²) in [6.07, 6.45) is 23.1. The smallest absolute Gasteiger partial charge is 0.121 e. The molecule has 0 bridgehead atoms. The third-order valence-corrected chi connectivity index (χ3v) is 8.99. The summed E-state index contributed by atoms with van der Waals surface area (Å²) in [5.41, 5.74) is 1.96. The van der Waals surface area contributed by atoms with Crippen LogP contribution >= 0.6 is 0 Å². The van der Waals surface area contributed by atoms with E-state index in [1.807, 2.05) is 6.92 Å². The average molecular weight is 535 g/mol. The molecule has 0 amide bonds. The van der Waals surface area contributed by atoms with Gasteiger partial charge in [-0.3, -0.25) is 0 Å². The van der Waals surface area contributed by atoms with Crippen LogP contribution in [0, 0.1) is 17.8 Å². The van der Waals surface area contributed by atoms with E-state index < -0.39 is 11.7 Å². The lowest BCUT2D eigenvalue weighted by Crippen LogP contribution is -2.24. The first kappa shape index (κ1) is 35.2. The molecule has 0 spiro atoms. The maximum absolute atomic E-state index is 10.6. The highest BCUT2D eigenvalue weighted by atomic mass is 16.5. The molecule has 0 aromatic rings. The Kier molecular flexibility index (Phi) is 18.7. The third kappa shape index (κ3) is 15.1. The van der Waals surface area contributed by atoms with Crippen molar-refractivity contribution in [2.75, 3.05) is 6.61 Å². The van der Waals surface area contributed by atoms with Crippen molar-refractivity contribution in [3.05, 3.63) is 23.0 Å². The number of aliphatic hydroxyl groups is 2. The van der Waals surface area contributed by atoms with Crippen LogP contribution in [0.3, 0.4) is 0 Å². The van der Waals surface area contributed by atoms with Gasteiger partial charge in [-0.1, -0.05) is 118 Å². The van der Waals surface area contributed by atoms with Gasteiger partial charge in [-0.25, -0.2) is 0 Å². The summed E-state index contributed by atoms with van der Waals surface area (Å²) < 4.78 is 6.35. The van der Waals surface area contributed by atoms with Gasteiger partial charge in [-0.05, 0) is 75.0 Å². The van der Waals surface area contributed by atoms with Crippen LogP contribution in [0.25, 0.3) is 0 Å². The highest BCUT2D eigenvalue weighted by molar-refractivity contribution is 5.37. The Hall–Kier alpha value is -0.800. The predicted octanol–water partition coefficient (Wildman–Crippen LogP) is 10.3. The Morgan fingerprint density at radius 1 is 0.816 bits per heavy atom. The fraction of sp³-hybridized carbons (Fsp3) is 0.886. The van der Waals surface area contributed by atoms with E-state index in [0.29, 0.717) is 5.92 Å². The second-order valence-electron chi connectivity index (χ2n) is 13.1. The minimum absolute atomic E-state index is 0.136. The molecule has 0 saturated carbocycles. The number of ether oxygens (including phenoxy) is 1. The van der Waals surface area contributed by atoms with Crippen LogP contribution in [0.4, 0.5) is 0 Å². The van der Waals surface area contributed by atoms with E-state index in [9.17, 15) is 10.2 Å². The van der Waals surface area contributed by atoms with Gasteiger partial charge in [0.2, 0.25) is 0 Å². The van der Waals surface area contributed by atoms with Crippen molar-refractivity contribution in [3.63, 3.8) is 0 Å². The normalized spacial score (nSPS) is 21.2. The molecule has 224 valence electrons. The monoisotopic (exact) mass is 535 g/mol. The van der Waals surface area contributed by atoms with Crippen LogP contribution in [0.1, 0.15) is 164 Å². The minimum atomic E-state index is -0.480. The van der Waals surface area contributed by atoms with Crippen molar-refractivity contribution < 1.29 is 14.9 Å². The molecule has 2 N–H and O–H groups in total. The fourth-order valence-electron chi connectivity index (χ4n) is 5.82. The van der Waals surface area contributed by atoms with Crippen LogP contribution in [0.2, 0.25) is 0 Å². The van der Waals surface area contributed by atoms with Crippen LogP contribution < -0.4 is 0 Å². The largest absolute Gasteiger partial charge is 0.493 e. The number of hydrogen-bond donors (Lipinski definition) is 2. The van der Waals surface area contributed by atoms with E-state index in [-0.39, 0.29) is 5.92 Å². The molecule has 0 aromatic heterocycles. The summed E-state index contributed by atoms with van der Waals surface area (Å²) in [5.74, 6) is 2.62. The molecule has 38 heavy (non-hydrogen) atoms. The summed E-state index contributed by atoms with van der Waals surface area (Å²) in [7, 11) is 0. The van der Waals surface area contributed by atoms with E-state index in [1.54, 1.807) is 0 Å². The quantitative estimate of drug-likeness (QED) is 0.128. The van der Waals surface area contributed by atoms with E-state index in [0.717, 1.165) is 63.2 Å². The van der Waals surface area contributed by atoms with E-state index in [1.165, 1.54) is 81.8 Å². The molecule has 0 saturated heterocycles. The summed E-state index contributed by atoms with van der Waals surface area (Å²) in [6, 6.07) is 0. The van der Waals surface area contributed by atoms with Crippen molar-refractivity contribution >= 4 is 0 Å². The highest BCUT2D eigenvalue weighted by Gasteiger charge is 2.26. The Balaban J connectivity index is 2.35.